The van der Waals surface area contributed by atoms with Crippen LogP contribution in [0.4, 0.5) is 0 Å². The van der Waals surface area contributed by atoms with E-state index in [4.69, 9.17) is 9.47 Å². The normalized spacial score (nSPS) is 17.3. The standard InChI is InChI=1S/C23H20N4O4/c1-2-30-23(29)19-20(28)18(11-15-12-26-21-16(15)6-4-9-25-21)31-22(19)27-10-7-14-5-3-8-24-17(14)13-27/h3-6,8-9,11-12H,2,7,10,13H2,1H3,(H,25,26)/b18-11-. The van der Waals surface area contributed by atoms with Crippen molar-refractivity contribution in [1.82, 2.24) is 19.9 Å². The van der Waals surface area contributed by atoms with Gasteiger partial charge in [-0.1, -0.05) is 6.07 Å². The number of nitrogens with one attached hydrogen (secondary N) is 1. The van der Waals surface area contributed by atoms with Crippen LogP contribution in [0.25, 0.3) is 17.1 Å². The van der Waals surface area contributed by atoms with Crippen LogP contribution in [0.1, 0.15) is 23.7 Å². The van der Waals surface area contributed by atoms with Crippen LogP contribution >= 0.6 is 0 Å². The zero-order chi connectivity index (χ0) is 21.4. The summed E-state index contributed by atoms with van der Waals surface area (Å²) in [7, 11) is 0. The predicted octanol–water partition coefficient (Wildman–Crippen LogP) is 2.73. The zero-order valence-corrected chi connectivity index (χ0v) is 16.9. The first-order valence-electron chi connectivity index (χ1n) is 10.1. The number of ether oxygens (including phenoxy) is 2. The van der Waals surface area contributed by atoms with Gasteiger partial charge in [-0.25, -0.2) is 9.78 Å². The van der Waals surface area contributed by atoms with Gasteiger partial charge in [0.25, 0.3) is 0 Å². The van der Waals surface area contributed by atoms with Crippen LogP contribution in [0.5, 0.6) is 0 Å². The Balaban J connectivity index is 1.52. The monoisotopic (exact) mass is 416 g/mol. The number of esters is 1. The van der Waals surface area contributed by atoms with Crippen molar-refractivity contribution in [2.24, 2.45) is 0 Å². The number of aromatic amines is 1. The van der Waals surface area contributed by atoms with Crippen LogP contribution in [0, 0.1) is 0 Å². The van der Waals surface area contributed by atoms with E-state index >= 15 is 0 Å². The molecule has 0 radical (unpaired) electrons. The van der Waals surface area contributed by atoms with Gasteiger partial charge in [-0.3, -0.25) is 9.78 Å². The lowest BCUT2D eigenvalue weighted by atomic mass is 10.0. The lowest BCUT2D eigenvalue weighted by Crippen LogP contribution is -2.32. The number of ketones is 1. The van der Waals surface area contributed by atoms with Gasteiger partial charge in [0.2, 0.25) is 11.7 Å². The fourth-order valence-corrected chi connectivity index (χ4v) is 3.89. The second-order valence-corrected chi connectivity index (χ2v) is 7.26. The number of carbonyl (C=O) groups excluding carboxylic acids is 2. The summed E-state index contributed by atoms with van der Waals surface area (Å²) in [5, 5.41) is 0.855. The molecule has 0 amide bonds. The average molecular weight is 416 g/mol. The lowest BCUT2D eigenvalue weighted by molar-refractivity contribution is -0.139. The molecule has 2 aliphatic heterocycles. The molecule has 0 spiro atoms. The third-order valence-electron chi connectivity index (χ3n) is 5.38. The molecule has 3 aromatic heterocycles. The fraction of sp³-hybridized carbons (Fsp3) is 0.217. The number of pyridine rings is 2. The molecule has 0 fully saturated rings. The van der Waals surface area contributed by atoms with Gasteiger partial charge in [-0.2, -0.15) is 0 Å². The topological polar surface area (TPSA) is 97.4 Å². The van der Waals surface area contributed by atoms with E-state index in [0.717, 1.165) is 28.6 Å². The number of hydrogen-bond donors (Lipinski definition) is 1. The van der Waals surface area contributed by atoms with Crippen molar-refractivity contribution in [2.45, 2.75) is 19.9 Å². The molecule has 5 rings (SSSR count). The van der Waals surface area contributed by atoms with E-state index in [-0.39, 0.29) is 23.8 Å². The fourth-order valence-electron chi connectivity index (χ4n) is 3.89. The maximum atomic E-state index is 13.2. The highest BCUT2D eigenvalue weighted by Gasteiger charge is 2.40. The minimum absolute atomic E-state index is 0.0783. The molecular formula is C23H20N4O4. The molecule has 0 saturated carbocycles. The van der Waals surface area contributed by atoms with Gasteiger partial charge in [-0.15, -0.1) is 0 Å². The summed E-state index contributed by atoms with van der Waals surface area (Å²) in [6, 6.07) is 7.67. The van der Waals surface area contributed by atoms with E-state index in [1.54, 1.807) is 31.6 Å². The Morgan fingerprint density at radius 1 is 1.29 bits per heavy atom. The highest BCUT2D eigenvalue weighted by Crippen LogP contribution is 2.33. The molecule has 5 heterocycles. The maximum absolute atomic E-state index is 13.2. The van der Waals surface area contributed by atoms with Crippen molar-refractivity contribution in [3.8, 4) is 0 Å². The Hall–Kier alpha value is -3.94. The first kappa shape index (κ1) is 19.0. The molecule has 0 unspecified atom stereocenters. The maximum Gasteiger partial charge on any atom is 0.347 e. The second kappa shape index (κ2) is 7.71. The van der Waals surface area contributed by atoms with Crippen molar-refractivity contribution in [1.29, 1.82) is 0 Å². The van der Waals surface area contributed by atoms with Gasteiger partial charge in [0.15, 0.2) is 11.3 Å². The highest BCUT2D eigenvalue weighted by atomic mass is 16.5. The van der Waals surface area contributed by atoms with Gasteiger partial charge in [0, 0.05) is 36.1 Å². The predicted molar refractivity (Wildman–Crippen MR) is 112 cm³/mol. The number of hydrogen-bond acceptors (Lipinski definition) is 7. The Labute approximate surface area is 178 Å². The largest absolute Gasteiger partial charge is 0.462 e. The minimum atomic E-state index is -0.682. The third-order valence-corrected chi connectivity index (χ3v) is 5.38. The van der Waals surface area contributed by atoms with Crippen molar-refractivity contribution in [2.75, 3.05) is 13.2 Å². The number of aromatic nitrogens is 3. The second-order valence-electron chi connectivity index (χ2n) is 7.26. The van der Waals surface area contributed by atoms with Crippen LogP contribution in [0.15, 0.2) is 60.1 Å². The number of rotatable bonds is 4. The van der Waals surface area contributed by atoms with Crippen LogP contribution in [0.3, 0.4) is 0 Å². The number of Topliss-reactive ketones (excluding diaryl/α,β-unsaturated/α-hetero) is 1. The Kier molecular flexibility index (Phi) is 4.74. The van der Waals surface area contributed by atoms with Crippen LogP contribution in [-0.4, -0.2) is 44.8 Å². The molecule has 0 aromatic carbocycles. The quantitative estimate of drug-likeness (QED) is 0.397. The van der Waals surface area contributed by atoms with Crippen molar-refractivity contribution >= 4 is 28.9 Å². The molecule has 8 heteroatoms. The highest BCUT2D eigenvalue weighted by molar-refractivity contribution is 6.26. The van der Waals surface area contributed by atoms with Crippen LogP contribution in [-0.2, 0) is 32.0 Å². The summed E-state index contributed by atoms with van der Waals surface area (Å²) in [6.07, 6.45) is 7.55. The molecule has 1 N–H and O–H groups in total. The molecule has 3 aromatic rings. The van der Waals surface area contributed by atoms with Crippen molar-refractivity contribution < 1.29 is 19.1 Å². The third kappa shape index (κ3) is 3.35. The average Bonchev–Trinajstić information content (AvgIpc) is 3.35. The molecule has 156 valence electrons. The van der Waals surface area contributed by atoms with Crippen LogP contribution in [0.2, 0.25) is 0 Å². The van der Waals surface area contributed by atoms with E-state index in [2.05, 4.69) is 15.0 Å². The molecule has 2 aliphatic rings. The SMILES string of the molecule is CCOC(=O)C1=C(N2CCc3cccnc3C2)O/C(=C\c2c[nH]c3ncccc23)C1=O. The van der Waals surface area contributed by atoms with Crippen molar-refractivity contribution in [3.05, 3.63) is 76.9 Å². The summed E-state index contributed by atoms with van der Waals surface area (Å²) >= 11 is 0. The number of H-pyrrole nitrogens is 1. The van der Waals surface area contributed by atoms with E-state index in [1.807, 2.05) is 29.2 Å². The van der Waals surface area contributed by atoms with Crippen molar-refractivity contribution in [3.63, 3.8) is 0 Å². The van der Waals surface area contributed by atoms with E-state index in [1.165, 1.54) is 0 Å². The number of allylic oxidation sites excluding steroid dienone is 1. The van der Waals surface area contributed by atoms with E-state index in [9.17, 15) is 9.59 Å². The number of fused-ring (bicyclic) bond motifs is 2. The smallest absolute Gasteiger partial charge is 0.347 e. The molecule has 31 heavy (non-hydrogen) atoms. The number of nitrogens with zero attached hydrogens (tertiary/aromatic N) is 3. The van der Waals surface area contributed by atoms with E-state index in [0.29, 0.717) is 18.7 Å². The Morgan fingerprint density at radius 3 is 3.00 bits per heavy atom. The molecule has 0 saturated heterocycles. The van der Waals surface area contributed by atoms with Gasteiger partial charge in [0.1, 0.15) is 5.65 Å². The van der Waals surface area contributed by atoms with Gasteiger partial charge in [-0.05, 0) is 43.2 Å². The van der Waals surface area contributed by atoms with Gasteiger partial charge < -0.3 is 19.4 Å². The molecule has 0 atom stereocenters. The molecular weight excluding hydrogens is 396 g/mol. The van der Waals surface area contributed by atoms with E-state index < -0.39 is 11.8 Å². The first-order chi connectivity index (χ1) is 15.2. The Bertz CT molecular complexity index is 1260. The summed E-state index contributed by atoms with van der Waals surface area (Å²) in [5.74, 6) is -0.865. The summed E-state index contributed by atoms with van der Waals surface area (Å²) in [6.45, 7) is 2.93. The number of carbonyl (C=O) groups is 2. The summed E-state index contributed by atoms with van der Waals surface area (Å²) in [5.41, 5.74) is 3.44. The summed E-state index contributed by atoms with van der Waals surface area (Å²) in [4.78, 5) is 39.4. The zero-order valence-electron chi connectivity index (χ0n) is 16.9. The first-order valence-corrected chi connectivity index (χ1v) is 10.1. The molecule has 0 bridgehead atoms. The minimum Gasteiger partial charge on any atom is -0.462 e. The van der Waals surface area contributed by atoms with Crippen LogP contribution < -0.4 is 0 Å². The van der Waals surface area contributed by atoms with Gasteiger partial charge in [0.05, 0.1) is 18.8 Å². The molecule has 0 aliphatic carbocycles. The summed E-state index contributed by atoms with van der Waals surface area (Å²) < 4.78 is 11.1. The lowest BCUT2D eigenvalue weighted by Gasteiger charge is -2.29. The molecule has 8 nitrogen and oxygen atoms in total. The van der Waals surface area contributed by atoms with Gasteiger partial charge >= 0.3 is 5.97 Å². The Morgan fingerprint density at radius 2 is 2.13 bits per heavy atom.